The van der Waals surface area contributed by atoms with E-state index < -0.39 is 23.4 Å². The zero-order valence-corrected chi connectivity index (χ0v) is 70.3. The average molecular weight is 1720 g/mol. The summed E-state index contributed by atoms with van der Waals surface area (Å²) in [5, 5.41) is 27.5. The molecule has 5 aliphatic heterocycles. The first kappa shape index (κ1) is 82.5. The number of ether oxygens (including phenoxy) is 3. The number of benzene rings is 3. The maximum absolute atomic E-state index is 13.0. The van der Waals surface area contributed by atoms with Gasteiger partial charge in [0.2, 0.25) is 17.8 Å². The van der Waals surface area contributed by atoms with Crippen LogP contribution < -0.4 is 40.6 Å². The summed E-state index contributed by atoms with van der Waals surface area (Å²) in [5.41, 5.74) is 6.05. The molecule has 0 spiro atoms. The third kappa shape index (κ3) is 18.3. The van der Waals surface area contributed by atoms with Crippen LogP contribution in [0.2, 0.25) is 0 Å². The van der Waals surface area contributed by atoms with Gasteiger partial charge in [-0.25, -0.2) is 59.2 Å². The first-order valence-corrected chi connectivity index (χ1v) is 41.5. The zero-order valence-electron chi connectivity index (χ0n) is 64.7. The Bertz CT molecular complexity index is 4890. The van der Waals surface area contributed by atoms with E-state index in [1.807, 2.05) is 124 Å². The predicted molar refractivity (Wildman–Crippen MR) is 444 cm³/mol. The van der Waals surface area contributed by atoms with Crippen LogP contribution in [0.4, 0.5) is 47.6 Å². The molecule has 5 fully saturated rings. The number of nitrogens with zero attached hydrogens (tertiary/aromatic N) is 18. The number of aromatic nitrogens is 9. The number of hydrogen-bond acceptors (Lipinski definition) is 28. The van der Waals surface area contributed by atoms with Gasteiger partial charge in [0, 0.05) is 127 Å². The van der Waals surface area contributed by atoms with Crippen LogP contribution >= 0.6 is 65.9 Å². The molecule has 112 heavy (non-hydrogen) atoms. The van der Waals surface area contributed by atoms with Crippen molar-refractivity contribution in [3.63, 3.8) is 0 Å². The summed E-state index contributed by atoms with van der Waals surface area (Å²) in [5.74, 6) is 1.47. The third-order valence-corrected chi connectivity index (χ3v) is 25.8. The molecular formula is C75H93BBr2N20O11S3. The van der Waals surface area contributed by atoms with Gasteiger partial charge >= 0.3 is 43.1 Å². The van der Waals surface area contributed by atoms with Gasteiger partial charge in [-0.15, -0.1) is 0 Å². The molecule has 9 aromatic rings. The highest BCUT2D eigenvalue weighted by molar-refractivity contribution is 9.11. The number of esters is 3. The van der Waals surface area contributed by atoms with E-state index in [2.05, 4.69) is 97.0 Å². The van der Waals surface area contributed by atoms with Gasteiger partial charge in [0.05, 0.1) is 93.4 Å². The third-order valence-electron chi connectivity index (χ3n) is 20.7. The van der Waals surface area contributed by atoms with Crippen LogP contribution in [0.15, 0.2) is 82.5 Å². The minimum Gasteiger partial charge on any atom is -0.466 e. The van der Waals surface area contributed by atoms with Gasteiger partial charge in [0.25, 0.3) is 0 Å². The van der Waals surface area contributed by atoms with Crippen molar-refractivity contribution in [1.82, 2.24) is 69.8 Å². The van der Waals surface area contributed by atoms with Crippen molar-refractivity contribution in [1.29, 1.82) is 0 Å². The van der Waals surface area contributed by atoms with E-state index in [0.717, 1.165) is 51.6 Å². The summed E-state index contributed by atoms with van der Waals surface area (Å²) in [7, 11) is 2.21. The van der Waals surface area contributed by atoms with Gasteiger partial charge in [0.15, 0.2) is 15.4 Å². The molecule has 0 saturated carbocycles. The number of carbonyl (C=O) groups is 6. The van der Waals surface area contributed by atoms with Crippen LogP contribution in [0.25, 0.3) is 64.0 Å². The maximum Gasteiger partial charge on any atom is 0.489 e. The first-order chi connectivity index (χ1) is 53.7. The molecule has 6 amide bonds. The number of fused-ring (bicyclic) bond motifs is 3. The zero-order chi connectivity index (χ0) is 79.9. The summed E-state index contributed by atoms with van der Waals surface area (Å²) < 4.78 is 20.1. The molecule has 0 unspecified atom stereocenters. The van der Waals surface area contributed by atoms with E-state index in [4.69, 9.17) is 24.2 Å². The number of rotatable bonds is 19. The Hall–Kier alpha value is -8.95. The fourth-order valence-electron chi connectivity index (χ4n) is 13.8. The predicted octanol–water partition coefficient (Wildman–Crippen LogP) is 11.3. The molecule has 5 aliphatic rings. The second-order valence-electron chi connectivity index (χ2n) is 28.9. The smallest absolute Gasteiger partial charge is 0.466 e. The lowest BCUT2D eigenvalue weighted by molar-refractivity contribution is -0.156. The monoisotopic (exact) mass is 1710 g/mol. The lowest BCUT2D eigenvalue weighted by Gasteiger charge is -2.38. The number of piperidine rings is 3. The van der Waals surface area contributed by atoms with Crippen molar-refractivity contribution in [2.75, 3.05) is 149 Å². The Balaban J connectivity index is 0.000000156. The molecule has 6 aromatic heterocycles. The van der Waals surface area contributed by atoms with E-state index in [-0.39, 0.29) is 36.0 Å². The van der Waals surface area contributed by atoms with Crippen molar-refractivity contribution >= 4 is 178 Å². The van der Waals surface area contributed by atoms with E-state index in [0.29, 0.717) is 204 Å². The van der Waals surface area contributed by atoms with Crippen LogP contribution in [0.1, 0.15) is 101 Å². The van der Waals surface area contributed by atoms with Crippen molar-refractivity contribution in [3.05, 3.63) is 82.5 Å². The largest absolute Gasteiger partial charge is 0.489 e. The molecule has 31 nitrogen and oxygen atoms in total. The minimum absolute atomic E-state index is 0.0229. The summed E-state index contributed by atoms with van der Waals surface area (Å²) in [6, 6.07) is 11.1. The molecule has 0 aliphatic carbocycles. The molecule has 37 heteroatoms. The summed E-state index contributed by atoms with van der Waals surface area (Å²) in [6.45, 7) is 26.2. The molecular weight excluding hydrogens is 1620 g/mol. The molecule has 4 N–H and O–H groups in total. The summed E-state index contributed by atoms with van der Waals surface area (Å²) in [4.78, 5) is 134. The molecule has 11 heterocycles. The van der Waals surface area contributed by atoms with Crippen molar-refractivity contribution < 1.29 is 53.0 Å². The van der Waals surface area contributed by atoms with Gasteiger partial charge in [-0.05, 0) is 194 Å². The highest BCUT2D eigenvalue weighted by Crippen LogP contribution is 2.42. The molecule has 0 atom stereocenters. The summed E-state index contributed by atoms with van der Waals surface area (Å²) >= 11 is 11.5. The van der Waals surface area contributed by atoms with Gasteiger partial charge in [-0.2, -0.15) is 0 Å². The lowest BCUT2D eigenvalue weighted by Crippen LogP contribution is -2.56. The van der Waals surface area contributed by atoms with E-state index in [1.54, 1.807) is 50.5 Å². The maximum atomic E-state index is 13.0. The molecule has 0 radical (unpaired) electrons. The first-order valence-electron chi connectivity index (χ1n) is 37.5. The van der Waals surface area contributed by atoms with E-state index >= 15 is 0 Å². The van der Waals surface area contributed by atoms with Crippen LogP contribution in [0.3, 0.4) is 0 Å². The molecule has 594 valence electrons. The second kappa shape index (κ2) is 35.6. The van der Waals surface area contributed by atoms with E-state index in [9.17, 15) is 38.8 Å². The van der Waals surface area contributed by atoms with Crippen LogP contribution in [-0.4, -0.2) is 237 Å². The van der Waals surface area contributed by atoms with Crippen molar-refractivity contribution in [3.8, 4) is 33.4 Å². The fraction of sp³-hybridized carbons (Fsp3) is 0.480. The quantitative estimate of drug-likeness (QED) is 0.0332. The number of halogens is 2. The average Bonchev–Trinajstić information content (AvgIpc) is 1.60. The van der Waals surface area contributed by atoms with E-state index in [1.165, 1.54) is 34.0 Å². The van der Waals surface area contributed by atoms with Crippen molar-refractivity contribution in [2.24, 2.45) is 16.2 Å². The second-order valence-corrected chi connectivity index (χ2v) is 33.6. The highest BCUT2D eigenvalue weighted by Gasteiger charge is 2.42. The van der Waals surface area contributed by atoms with Crippen LogP contribution in [0, 0.1) is 16.2 Å². The number of nitrogens with one attached hydrogen (secondary N) is 2. The van der Waals surface area contributed by atoms with Gasteiger partial charge in [0.1, 0.15) is 0 Å². The standard InChI is InChI=1S/C26H34BN7O5S.C26H32BrN7O3S.C23H27BrN6O3S/c1-5-32-15-31(4)16-34(25(32)36)24-30-20-12-17(11-19(27(37)38)21(20)40-24)18-13-28-23(29-14-18)33-9-7-26(3,8-10-33)22(35)39-6-2;1-5-32-15-31(4)16-34(25(32)36)24-30-20-12-17(11-19(27)21(20)38-24)18-13-28-23(29-14-18)33-9-7-26(3,8-10-33)22(35)37-6-2;1-4-25-21(32)29-22-28-17-11-14(10-16(24)18(17)34-22)15-12-26-20(27-13-15)30-8-6-23(3,7-9-30)19(31)33-5-2/h11-14,37-38H,5-10,15-16H2,1-4H3;11-14H,5-10,15-16H2,1-4H3;10-13H,4-9H2,1-3H3,(H2,25,28,29,32). The number of thiazole rings is 3. The SMILES string of the molecule is CCNC(=O)Nc1nc2cc(-c3cnc(N4CCC(C)(C(=O)OCC)CC4)nc3)cc(Br)c2s1.CCOC(=O)C1(C)CCN(c2ncc(-c3cc(B(O)O)c4sc(N5CN(C)CN(CC)C5=O)nc4c3)cn2)CC1.CCOC(=O)C1(C)CCN(c2ncc(-c3cc(Br)c4sc(N5CN(C)CN(CC)C5=O)nc4c3)cn2)CC1. The minimum atomic E-state index is -1.72. The molecule has 3 aromatic carbocycles. The summed E-state index contributed by atoms with van der Waals surface area (Å²) in [6.07, 6.45) is 14.8. The van der Waals surface area contributed by atoms with Gasteiger partial charge < -0.3 is 54.1 Å². The Morgan fingerprint density at radius 1 is 0.482 bits per heavy atom. The number of hydrogen-bond donors (Lipinski definition) is 4. The molecule has 5 saturated heterocycles. The Labute approximate surface area is 678 Å². The lowest BCUT2D eigenvalue weighted by atomic mass is 9.79. The Morgan fingerprint density at radius 3 is 1.17 bits per heavy atom. The number of amides is 6. The van der Waals surface area contributed by atoms with Crippen molar-refractivity contribution in [2.45, 2.75) is 101 Å². The van der Waals surface area contributed by atoms with Gasteiger partial charge in [-0.3, -0.25) is 39.3 Å². The Kier molecular flexibility index (Phi) is 26.2. The fourth-order valence-corrected chi connectivity index (χ4v) is 18.1. The van der Waals surface area contributed by atoms with Crippen LogP contribution in [0.5, 0.6) is 0 Å². The van der Waals surface area contributed by atoms with Gasteiger partial charge in [-0.1, -0.05) is 40.1 Å². The molecule has 14 rings (SSSR count). The molecule has 0 bridgehead atoms. The Morgan fingerprint density at radius 2 is 0.821 bits per heavy atom. The normalized spacial score (nSPS) is 17.3. The number of carbonyl (C=O) groups excluding carboxylic acids is 6. The number of urea groups is 3. The topological polar surface area (TPSA) is 340 Å². The van der Waals surface area contributed by atoms with Crippen LogP contribution in [-0.2, 0) is 28.6 Å². The highest BCUT2D eigenvalue weighted by atomic mass is 79.9. The number of anilines is 6.